The lowest BCUT2D eigenvalue weighted by atomic mass is 10.0. The van der Waals surface area contributed by atoms with E-state index in [4.69, 9.17) is 4.74 Å². The summed E-state index contributed by atoms with van der Waals surface area (Å²) in [6.07, 6.45) is 4.66. The lowest BCUT2D eigenvalue weighted by Crippen LogP contribution is -1.99. The Labute approximate surface area is 155 Å². The van der Waals surface area contributed by atoms with Gasteiger partial charge in [-0.2, -0.15) is 0 Å². The van der Waals surface area contributed by atoms with Crippen LogP contribution in [-0.4, -0.2) is 6.61 Å². The Bertz CT molecular complexity index is 805. The van der Waals surface area contributed by atoms with Crippen LogP contribution < -0.4 is 4.74 Å². The molecule has 0 unspecified atom stereocenters. The lowest BCUT2D eigenvalue weighted by Gasteiger charge is -2.10. The number of hydrogen-bond acceptors (Lipinski definition) is 1. The molecule has 0 aromatic heterocycles. The molecule has 0 aliphatic rings. The van der Waals surface area contributed by atoms with Crippen molar-refractivity contribution in [2.24, 2.45) is 0 Å². The highest BCUT2D eigenvalue weighted by atomic mass is 19.2. The summed E-state index contributed by atoms with van der Waals surface area (Å²) in [7, 11) is 0. The van der Waals surface area contributed by atoms with Crippen LogP contribution in [0.4, 0.5) is 8.78 Å². The largest absolute Gasteiger partial charge is 0.494 e. The van der Waals surface area contributed by atoms with Gasteiger partial charge in [-0.15, -0.1) is 0 Å². The maximum absolute atomic E-state index is 14.0. The Morgan fingerprint density at radius 3 is 2.19 bits per heavy atom. The molecular weight excluding hydrogens is 330 g/mol. The standard InChI is InChI=1S/C23H26F2O/c1-5-6-7-8-13-26-20-14-17(3)21(18(4)15-20)12-11-19-10-9-16(2)22(24)23(19)25/h9-10,14-15H,5-8,13H2,1-4H3. The van der Waals surface area contributed by atoms with E-state index in [1.54, 1.807) is 0 Å². The number of rotatable bonds is 6. The quantitative estimate of drug-likeness (QED) is 0.439. The van der Waals surface area contributed by atoms with Crippen molar-refractivity contribution in [3.05, 3.63) is 63.7 Å². The predicted octanol–water partition coefficient (Wildman–Crippen LogP) is 6.25. The molecule has 0 aliphatic carbocycles. The molecule has 0 saturated heterocycles. The van der Waals surface area contributed by atoms with E-state index in [0.29, 0.717) is 6.61 Å². The molecule has 0 bridgehead atoms. The highest BCUT2D eigenvalue weighted by Gasteiger charge is 2.09. The second-order valence-electron chi connectivity index (χ2n) is 6.65. The van der Waals surface area contributed by atoms with Crippen molar-refractivity contribution >= 4 is 0 Å². The molecule has 2 rings (SSSR count). The Hall–Kier alpha value is -2.34. The van der Waals surface area contributed by atoms with E-state index in [2.05, 4.69) is 18.8 Å². The number of aryl methyl sites for hydroxylation is 3. The third-order valence-corrected chi connectivity index (χ3v) is 4.37. The maximum atomic E-state index is 14.0. The van der Waals surface area contributed by atoms with Crippen LogP contribution in [0.2, 0.25) is 0 Å². The molecular formula is C23H26F2O. The zero-order chi connectivity index (χ0) is 19.1. The smallest absolute Gasteiger partial charge is 0.174 e. The van der Waals surface area contributed by atoms with Crippen LogP contribution in [-0.2, 0) is 0 Å². The zero-order valence-electron chi connectivity index (χ0n) is 16.0. The predicted molar refractivity (Wildman–Crippen MR) is 103 cm³/mol. The minimum atomic E-state index is -0.889. The van der Waals surface area contributed by atoms with Crippen molar-refractivity contribution in [1.29, 1.82) is 0 Å². The summed E-state index contributed by atoms with van der Waals surface area (Å²) in [4.78, 5) is 0. The van der Waals surface area contributed by atoms with Crippen LogP contribution in [0.15, 0.2) is 24.3 Å². The Kier molecular flexibility index (Phi) is 7.21. The second kappa shape index (κ2) is 9.38. The van der Waals surface area contributed by atoms with E-state index in [1.807, 2.05) is 26.0 Å². The summed E-state index contributed by atoms with van der Waals surface area (Å²) >= 11 is 0. The minimum absolute atomic E-state index is 0.0724. The van der Waals surface area contributed by atoms with E-state index in [9.17, 15) is 8.78 Å². The van der Waals surface area contributed by atoms with Gasteiger partial charge in [-0.1, -0.05) is 44.1 Å². The Morgan fingerprint density at radius 2 is 1.54 bits per heavy atom. The van der Waals surface area contributed by atoms with E-state index in [-0.39, 0.29) is 11.1 Å². The number of benzene rings is 2. The molecule has 0 saturated carbocycles. The highest BCUT2D eigenvalue weighted by molar-refractivity contribution is 5.53. The molecule has 0 aliphatic heterocycles. The molecule has 2 aromatic carbocycles. The van der Waals surface area contributed by atoms with Gasteiger partial charge in [0.05, 0.1) is 12.2 Å². The normalized spacial score (nSPS) is 10.4. The topological polar surface area (TPSA) is 9.23 Å². The lowest BCUT2D eigenvalue weighted by molar-refractivity contribution is 0.304. The van der Waals surface area contributed by atoms with Gasteiger partial charge in [0, 0.05) is 5.56 Å². The third-order valence-electron chi connectivity index (χ3n) is 4.37. The molecule has 1 nitrogen and oxygen atoms in total. The van der Waals surface area contributed by atoms with E-state index >= 15 is 0 Å². The minimum Gasteiger partial charge on any atom is -0.494 e. The van der Waals surface area contributed by atoms with Crippen LogP contribution in [0.3, 0.4) is 0 Å². The van der Waals surface area contributed by atoms with E-state index in [1.165, 1.54) is 38.3 Å². The van der Waals surface area contributed by atoms with Gasteiger partial charge >= 0.3 is 0 Å². The molecule has 138 valence electrons. The molecule has 0 N–H and O–H groups in total. The molecule has 0 atom stereocenters. The number of hydrogen-bond donors (Lipinski definition) is 0. The first-order chi connectivity index (χ1) is 12.4. The maximum Gasteiger partial charge on any atom is 0.174 e. The summed E-state index contributed by atoms with van der Waals surface area (Å²) in [5, 5.41) is 0. The molecule has 0 fully saturated rings. The average molecular weight is 356 g/mol. The van der Waals surface area contributed by atoms with Gasteiger partial charge in [0.2, 0.25) is 0 Å². The first kappa shape index (κ1) is 20.0. The van der Waals surface area contributed by atoms with E-state index < -0.39 is 11.6 Å². The van der Waals surface area contributed by atoms with Crippen molar-refractivity contribution in [3.63, 3.8) is 0 Å². The Morgan fingerprint density at radius 1 is 0.846 bits per heavy atom. The first-order valence-corrected chi connectivity index (χ1v) is 9.14. The molecule has 3 heteroatoms. The fourth-order valence-electron chi connectivity index (χ4n) is 2.80. The summed E-state index contributed by atoms with van der Waals surface area (Å²) < 4.78 is 33.4. The number of ether oxygens (including phenoxy) is 1. The van der Waals surface area contributed by atoms with E-state index in [0.717, 1.165) is 28.9 Å². The number of halogens is 2. The van der Waals surface area contributed by atoms with Gasteiger partial charge in [-0.05, 0) is 62.1 Å². The summed E-state index contributed by atoms with van der Waals surface area (Å²) in [5.41, 5.74) is 3.11. The van der Waals surface area contributed by atoms with Crippen molar-refractivity contribution in [3.8, 4) is 17.6 Å². The van der Waals surface area contributed by atoms with Crippen LogP contribution in [0.5, 0.6) is 5.75 Å². The van der Waals surface area contributed by atoms with Gasteiger partial charge in [-0.3, -0.25) is 0 Å². The Balaban J connectivity index is 2.16. The number of unbranched alkanes of at least 4 members (excludes halogenated alkanes) is 3. The van der Waals surface area contributed by atoms with Crippen LogP contribution in [0, 0.1) is 44.2 Å². The summed E-state index contributed by atoms with van der Waals surface area (Å²) in [5.74, 6) is 4.85. The molecule has 0 spiro atoms. The molecule has 2 aromatic rings. The highest BCUT2D eigenvalue weighted by Crippen LogP contribution is 2.22. The fourth-order valence-corrected chi connectivity index (χ4v) is 2.80. The van der Waals surface area contributed by atoms with Gasteiger partial charge in [-0.25, -0.2) is 8.78 Å². The molecule has 0 amide bonds. The van der Waals surface area contributed by atoms with Crippen molar-refractivity contribution in [2.45, 2.75) is 53.4 Å². The van der Waals surface area contributed by atoms with Gasteiger partial charge < -0.3 is 4.74 Å². The zero-order valence-corrected chi connectivity index (χ0v) is 16.0. The molecule has 0 radical (unpaired) electrons. The average Bonchev–Trinajstić information content (AvgIpc) is 2.60. The van der Waals surface area contributed by atoms with Gasteiger partial charge in [0.25, 0.3) is 0 Å². The SMILES string of the molecule is CCCCCCOc1cc(C)c(C#Cc2ccc(C)c(F)c2F)c(C)c1. The van der Waals surface area contributed by atoms with Crippen LogP contribution >= 0.6 is 0 Å². The van der Waals surface area contributed by atoms with Gasteiger partial charge in [0.1, 0.15) is 5.75 Å². The monoisotopic (exact) mass is 356 g/mol. The van der Waals surface area contributed by atoms with Crippen LogP contribution in [0.1, 0.15) is 60.4 Å². The fraction of sp³-hybridized carbons (Fsp3) is 0.391. The second-order valence-corrected chi connectivity index (χ2v) is 6.65. The van der Waals surface area contributed by atoms with Crippen molar-refractivity contribution in [1.82, 2.24) is 0 Å². The van der Waals surface area contributed by atoms with Crippen molar-refractivity contribution < 1.29 is 13.5 Å². The molecule has 0 heterocycles. The molecule has 26 heavy (non-hydrogen) atoms. The van der Waals surface area contributed by atoms with Gasteiger partial charge in [0.15, 0.2) is 11.6 Å². The first-order valence-electron chi connectivity index (χ1n) is 9.14. The third kappa shape index (κ3) is 5.08. The van der Waals surface area contributed by atoms with Crippen LogP contribution in [0.25, 0.3) is 0 Å². The summed E-state index contributed by atoms with van der Waals surface area (Å²) in [6.45, 7) is 8.33. The van der Waals surface area contributed by atoms with Crippen molar-refractivity contribution in [2.75, 3.05) is 6.61 Å². The summed E-state index contributed by atoms with van der Waals surface area (Å²) in [6, 6.07) is 6.95.